The van der Waals surface area contributed by atoms with Gasteiger partial charge in [0.05, 0.1) is 18.9 Å². The number of fused-ring (bicyclic) bond motifs is 2. The fourth-order valence-electron chi connectivity index (χ4n) is 3.49. The van der Waals surface area contributed by atoms with Crippen LogP contribution in [0.5, 0.6) is 5.75 Å². The third-order valence-corrected chi connectivity index (χ3v) is 4.99. The van der Waals surface area contributed by atoms with E-state index in [9.17, 15) is 14.4 Å². The Morgan fingerprint density at radius 2 is 1.71 bits per heavy atom. The molecule has 2 fully saturated rings. The summed E-state index contributed by atoms with van der Waals surface area (Å²) >= 11 is 0. The van der Waals surface area contributed by atoms with Crippen molar-refractivity contribution in [1.29, 1.82) is 0 Å². The second-order valence-corrected chi connectivity index (χ2v) is 6.77. The minimum Gasteiger partial charge on any atom is -0.497 e. The molecule has 7 heteroatoms. The number of nitrogens with zero attached hydrogens (tertiary/aromatic N) is 2. The van der Waals surface area contributed by atoms with Crippen molar-refractivity contribution in [3.63, 3.8) is 0 Å². The highest BCUT2D eigenvalue weighted by molar-refractivity contribution is 6.10. The highest BCUT2D eigenvalue weighted by Crippen LogP contribution is 2.63. The van der Waals surface area contributed by atoms with Gasteiger partial charge in [0.25, 0.3) is 11.8 Å². The van der Waals surface area contributed by atoms with Crippen LogP contribution < -0.4 is 4.74 Å². The maximum absolute atomic E-state index is 12.3. The molecule has 0 bridgehead atoms. The van der Waals surface area contributed by atoms with Gasteiger partial charge in [-0.15, -0.1) is 5.06 Å². The second kappa shape index (κ2) is 4.59. The summed E-state index contributed by atoms with van der Waals surface area (Å²) in [5.41, 5.74) is -0.338. The maximum Gasteiger partial charge on any atom is 0.443 e. The molecule has 1 aromatic heterocycles. The number of carbonyl (C=O) groups is 3. The Balaban J connectivity index is 1.55. The monoisotopic (exact) mass is 328 g/mol. The number of amides is 2. The third-order valence-electron chi connectivity index (χ3n) is 4.99. The van der Waals surface area contributed by atoms with Gasteiger partial charge in [-0.25, -0.2) is 4.79 Å². The predicted molar refractivity (Wildman–Crippen MR) is 83.0 cm³/mol. The molecule has 124 valence electrons. The molecule has 7 nitrogen and oxygen atoms in total. The van der Waals surface area contributed by atoms with E-state index < -0.39 is 17.9 Å². The van der Waals surface area contributed by atoms with Crippen LogP contribution in [0.15, 0.2) is 30.6 Å². The van der Waals surface area contributed by atoms with Crippen LogP contribution in [0.2, 0.25) is 0 Å². The van der Waals surface area contributed by atoms with Crippen molar-refractivity contribution < 1.29 is 24.0 Å². The van der Waals surface area contributed by atoms with Crippen molar-refractivity contribution in [2.75, 3.05) is 7.11 Å². The molecule has 1 saturated heterocycles. The molecule has 2 unspecified atom stereocenters. The molecule has 4 rings (SSSR count). The lowest BCUT2D eigenvalue weighted by molar-refractivity contribution is -0.176. The lowest BCUT2D eigenvalue weighted by Gasteiger charge is -2.18. The van der Waals surface area contributed by atoms with E-state index in [4.69, 9.17) is 9.57 Å². The number of benzene rings is 1. The van der Waals surface area contributed by atoms with Crippen molar-refractivity contribution in [3.8, 4) is 5.75 Å². The fourth-order valence-corrected chi connectivity index (χ4v) is 3.49. The topological polar surface area (TPSA) is 77.8 Å². The van der Waals surface area contributed by atoms with Crippen LogP contribution in [0.3, 0.4) is 0 Å². The first-order chi connectivity index (χ1) is 11.3. The fraction of sp³-hybridized carbons (Fsp3) is 0.353. The molecule has 0 radical (unpaired) electrons. The zero-order valence-corrected chi connectivity index (χ0v) is 13.5. The van der Waals surface area contributed by atoms with E-state index in [1.165, 1.54) is 4.57 Å². The van der Waals surface area contributed by atoms with Crippen LogP contribution in [0.1, 0.15) is 13.8 Å². The average Bonchev–Trinajstić information content (AvgIpc) is 2.85. The van der Waals surface area contributed by atoms with E-state index in [-0.39, 0.29) is 17.3 Å². The van der Waals surface area contributed by atoms with Crippen LogP contribution in [0.4, 0.5) is 4.79 Å². The largest absolute Gasteiger partial charge is 0.497 e. The van der Waals surface area contributed by atoms with E-state index in [2.05, 4.69) is 0 Å². The van der Waals surface area contributed by atoms with Crippen LogP contribution in [0, 0.1) is 17.3 Å². The van der Waals surface area contributed by atoms with Crippen LogP contribution >= 0.6 is 0 Å². The smallest absolute Gasteiger partial charge is 0.443 e. The predicted octanol–water partition coefficient (Wildman–Crippen LogP) is 2.19. The Morgan fingerprint density at radius 3 is 2.33 bits per heavy atom. The summed E-state index contributed by atoms with van der Waals surface area (Å²) in [6.07, 6.45) is 2.34. The summed E-state index contributed by atoms with van der Waals surface area (Å²) in [6, 6.07) is 5.37. The highest BCUT2D eigenvalue weighted by atomic mass is 16.7. The Labute approximate surface area is 137 Å². The lowest BCUT2D eigenvalue weighted by atomic mass is 10.1. The van der Waals surface area contributed by atoms with Gasteiger partial charge in [-0.05, 0) is 23.6 Å². The van der Waals surface area contributed by atoms with Gasteiger partial charge in [0.2, 0.25) is 0 Å². The van der Waals surface area contributed by atoms with Crippen LogP contribution in [0.25, 0.3) is 10.8 Å². The molecule has 2 amide bonds. The van der Waals surface area contributed by atoms with Gasteiger partial charge in [-0.2, -0.15) is 0 Å². The molecule has 2 aromatic rings. The lowest BCUT2D eigenvalue weighted by Crippen LogP contribution is -2.39. The molecule has 1 aliphatic carbocycles. The molecule has 2 heterocycles. The zero-order chi connectivity index (χ0) is 17.2. The van der Waals surface area contributed by atoms with Gasteiger partial charge < -0.3 is 9.57 Å². The Morgan fingerprint density at radius 1 is 1.08 bits per heavy atom. The van der Waals surface area contributed by atoms with Gasteiger partial charge in [0.1, 0.15) is 5.75 Å². The van der Waals surface area contributed by atoms with Gasteiger partial charge >= 0.3 is 6.09 Å². The molecular formula is C17H16N2O5. The Hall–Kier alpha value is -2.83. The molecule has 0 N–H and O–H groups in total. The van der Waals surface area contributed by atoms with E-state index in [0.29, 0.717) is 10.8 Å². The molecule has 1 aromatic carbocycles. The van der Waals surface area contributed by atoms with E-state index in [1.54, 1.807) is 31.6 Å². The van der Waals surface area contributed by atoms with Crippen LogP contribution in [-0.4, -0.2) is 34.6 Å². The number of carbonyl (C=O) groups excluding carboxylic acids is 3. The zero-order valence-electron chi connectivity index (χ0n) is 13.5. The number of hydrogen-bond donors (Lipinski definition) is 0. The quantitative estimate of drug-likeness (QED) is 0.790. The molecule has 2 aliphatic rings. The van der Waals surface area contributed by atoms with Crippen molar-refractivity contribution in [1.82, 2.24) is 9.63 Å². The number of piperidine rings is 1. The first kappa shape index (κ1) is 14.7. The summed E-state index contributed by atoms with van der Waals surface area (Å²) in [6.45, 7) is 3.73. The minimum absolute atomic E-state index is 0.338. The number of imide groups is 1. The number of methoxy groups -OCH3 is 1. The van der Waals surface area contributed by atoms with E-state index in [0.717, 1.165) is 10.8 Å². The number of hydroxylamine groups is 2. The van der Waals surface area contributed by atoms with E-state index >= 15 is 0 Å². The van der Waals surface area contributed by atoms with Gasteiger partial charge in [-0.3, -0.25) is 14.2 Å². The molecule has 24 heavy (non-hydrogen) atoms. The summed E-state index contributed by atoms with van der Waals surface area (Å²) in [5, 5.41) is 2.21. The molecule has 1 saturated carbocycles. The van der Waals surface area contributed by atoms with Gasteiger partial charge in [0, 0.05) is 23.2 Å². The second-order valence-electron chi connectivity index (χ2n) is 6.77. The Kier molecular flexibility index (Phi) is 2.82. The number of rotatable bonds is 2. The van der Waals surface area contributed by atoms with Crippen LogP contribution in [-0.2, 0) is 14.4 Å². The number of aromatic nitrogens is 1. The summed E-state index contributed by atoms with van der Waals surface area (Å²) < 4.78 is 6.35. The summed E-state index contributed by atoms with van der Waals surface area (Å²) in [5.74, 6) is -0.985. The first-order valence-electron chi connectivity index (χ1n) is 7.60. The molecular weight excluding hydrogens is 312 g/mol. The van der Waals surface area contributed by atoms with Crippen molar-refractivity contribution in [2.24, 2.45) is 17.3 Å². The maximum atomic E-state index is 12.3. The highest BCUT2D eigenvalue weighted by Gasteiger charge is 2.73. The SMILES string of the molecule is COc1ccc2cn(C(=O)ON3C(=O)C4C(C3=O)C4(C)C)cc2c1. The van der Waals surface area contributed by atoms with Crippen molar-refractivity contribution in [3.05, 3.63) is 30.6 Å². The minimum atomic E-state index is -0.800. The van der Waals surface area contributed by atoms with Gasteiger partial charge in [-0.1, -0.05) is 13.8 Å². The Bertz CT molecular complexity index is 874. The number of ether oxygens (including phenoxy) is 1. The standard InChI is InChI=1S/C17H16N2O5/c1-17(2)12-13(17)15(21)19(14(12)20)24-16(22)18-7-9-4-5-11(23-3)6-10(9)8-18/h4-8,12-13H,1-3H3. The summed E-state index contributed by atoms with van der Waals surface area (Å²) in [4.78, 5) is 41.7. The molecule has 0 spiro atoms. The van der Waals surface area contributed by atoms with Crippen molar-refractivity contribution >= 4 is 28.7 Å². The summed E-state index contributed by atoms with van der Waals surface area (Å²) in [7, 11) is 1.56. The third kappa shape index (κ3) is 1.87. The first-order valence-corrected chi connectivity index (χ1v) is 7.60. The average molecular weight is 328 g/mol. The molecule has 2 atom stereocenters. The van der Waals surface area contributed by atoms with E-state index in [1.807, 2.05) is 19.9 Å². The molecule has 1 aliphatic heterocycles. The van der Waals surface area contributed by atoms with Crippen molar-refractivity contribution in [2.45, 2.75) is 13.8 Å². The number of hydrogen-bond acceptors (Lipinski definition) is 5. The van der Waals surface area contributed by atoms with Gasteiger partial charge in [0.15, 0.2) is 0 Å². The normalized spacial score (nSPS) is 24.2.